The van der Waals surface area contributed by atoms with Crippen LogP contribution in [0.4, 0.5) is 5.69 Å². The van der Waals surface area contributed by atoms with Gasteiger partial charge in [-0.3, -0.25) is 9.10 Å². The Balaban J connectivity index is 2.12. The SMILES string of the molecule is COC(=O)CCCS(=O)(=O)N1c2ccccc2CC1C. The van der Waals surface area contributed by atoms with Crippen LogP contribution in [-0.2, 0) is 26.0 Å². The van der Waals surface area contributed by atoms with E-state index in [1.165, 1.54) is 11.4 Å². The third-order valence-electron chi connectivity index (χ3n) is 3.46. The highest BCUT2D eigenvalue weighted by atomic mass is 32.2. The number of fused-ring (bicyclic) bond motifs is 1. The van der Waals surface area contributed by atoms with Crippen LogP contribution in [0.5, 0.6) is 0 Å². The second kappa shape index (κ2) is 5.83. The Morgan fingerprint density at radius 3 is 2.80 bits per heavy atom. The first kappa shape index (κ1) is 14.8. The van der Waals surface area contributed by atoms with Gasteiger partial charge in [-0.1, -0.05) is 18.2 Å². The van der Waals surface area contributed by atoms with Gasteiger partial charge in [0.1, 0.15) is 0 Å². The smallest absolute Gasteiger partial charge is 0.305 e. The molecule has 0 aliphatic carbocycles. The molecule has 1 heterocycles. The summed E-state index contributed by atoms with van der Waals surface area (Å²) in [4.78, 5) is 11.1. The predicted molar refractivity (Wildman–Crippen MR) is 77.1 cm³/mol. The molecule has 0 saturated carbocycles. The fourth-order valence-electron chi connectivity index (χ4n) is 2.56. The highest BCUT2D eigenvalue weighted by Gasteiger charge is 2.34. The molecular formula is C14H19NO4S. The minimum absolute atomic E-state index is 0.0409. The van der Waals surface area contributed by atoms with E-state index in [2.05, 4.69) is 4.74 Å². The van der Waals surface area contributed by atoms with Gasteiger partial charge in [-0.25, -0.2) is 8.42 Å². The third-order valence-corrected chi connectivity index (χ3v) is 5.42. The van der Waals surface area contributed by atoms with E-state index in [-0.39, 0.29) is 30.6 Å². The molecule has 110 valence electrons. The summed E-state index contributed by atoms with van der Waals surface area (Å²) in [5.41, 5.74) is 1.81. The van der Waals surface area contributed by atoms with E-state index in [0.29, 0.717) is 0 Å². The molecular weight excluding hydrogens is 278 g/mol. The van der Waals surface area contributed by atoms with E-state index in [4.69, 9.17) is 0 Å². The van der Waals surface area contributed by atoms with E-state index >= 15 is 0 Å². The average Bonchev–Trinajstić information content (AvgIpc) is 2.74. The van der Waals surface area contributed by atoms with Crippen LogP contribution < -0.4 is 4.31 Å². The van der Waals surface area contributed by atoms with Crippen molar-refractivity contribution in [2.45, 2.75) is 32.2 Å². The monoisotopic (exact) mass is 297 g/mol. The third kappa shape index (κ3) is 2.95. The van der Waals surface area contributed by atoms with Gasteiger partial charge >= 0.3 is 5.97 Å². The van der Waals surface area contributed by atoms with Gasteiger partial charge in [-0.05, 0) is 31.4 Å². The molecule has 0 aromatic heterocycles. The van der Waals surface area contributed by atoms with Crippen molar-refractivity contribution in [3.05, 3.63) is 29.8 Å². The number of hydrogen-bond acceptors (Lipinski definition) is 4. The first-order valence-electron chi connectivity index (χ1n) is 6.62. The topological polar surface area (TPSA) is 63.7 Å². The van der Waals surface area contributed by atoms with Crippen molar-refractivity contribution < 1.29 is 17.9 Å². The molecule has 1 aromatic rings. The molecule has 0 radical (unpaired) electrons. The normalized spacial score (nSPS) is 17.9. The lowest BCUT2D eigenvalue weighted by atomic mass is 10.1. The number of rotatable bonds is 5. The summed E-state index contributed by atoms with van der Waals surface area (Å²) in [6.45, 7) is 1.90. The first-order valence-corrected chi connectivity index (χ1v) is 8.23. The molecule has 1 aliphatic rings. The molecule has 0 spiro atoms. The highest BCUT2D eigenvalue weighted by molar-refractivity contribution is 7.92. The summed E-state index contributed by atoms with van der Waals surface area (Å²) < 4.78 is 30.9. The number of anilines is 1. The van der Waals surface area contributed by atoms with E-state index in [1.54, 1.807) is 0 Å². The quantitative estimate of drug-likeness (QED) is 0.776. The van der Waals surface area contributed by atoms with Crippen LogP contribution in [0.15, 0.2) is 24.3 Å². The van der Waals surface area contributed by atoms with Crippen LogP contribution in [-0.4, -0.2) is 33.3 Å². The molecule has 5 nitrogen and oxygen atoms in total. The summed E-state index contributed by atoms with van der Waals surface area (Å²) >= 11 is 0. The minimum atomic E-state index is -3.40. The zero-order valence-corrected chi connectivity index (χ0v) is 12.5. The maximum absolute atomic E-state index is 12.4. The number of para-hydroxylation sites is 1. The zero-order valence-electron chi connectivity index (χ0n) is 11.7. The number of ether oxygens (including phenoxy) is 1. The van der Waals surface area contributed by atoms with Crippen molar-refractivity contribution in [2.24, 2.45) is 0 Å². The molecule has 0 saturated heterocycles. The van der Waals surface area contributed by atoms with E-state index < -0.39 is 10.0 Å². The lowest BCUT2D eigenvalue weighted by Crippen LogP contribution is -2.37. The number of carbonyl (C=O) groups is 1. The fraction of sp³-hybridized carbons (Fsp3) is 0.500. The fourth-order valence-corrected chi connectivity index (χ4v) is 4.37. The highest BCUT2D eigenvalue weighted by Crippen LogP contribution is 2.34. The number of carbonyl (C=O) groups excluding carboxylic acids is 1. The molecule has 1 unspecified atom stereocenters. The van der Waals surface area contributed by atoms with Crippen molar-refractivity contribution in [2.75, 3.05) is 17.2 Å². The zero-order chi connectivity index (χ0) is 14.8. The average molecular weight is 297 g/mol. The van der Waals surface area contributed by atoms with Crippen molar-refractivity contribution in [1.29, 1.82) is 0 Å². The van der Waals surface area contributed by atoms with Gasteiger partial charge in [0, 0.05) is 12.5 Å². The molecule has 6 heteroatoms. The Morgan fingerprint density at radius 2 is 2.10 bits per heavy atom. The number of esters is 1. The first-order chi connectivity index (χ1) is 9.45. The summed E-state index contributed by atoms with van der Waals surface area (Å²) in [6, 6.07) is 7.47. The summed E-state index contributed by atoms with van der Waals surface area (Å²) in [5.74, 6) is -0.420. The van der Waals surface area contributed by atoms with Gasteiger partial charge < -0.3 is 4.74 Å². The minimum Gasteiger partial charge on any atom is -0.469 e. The number of nitrogens with zero attached hydrogens (tertiary/aromatic N) is 1. The van der Waals surface area contributed by atoms with Gasteiger partial charge in [-0.15, -0.1) is 0 Å². The lowest BCUT2D eigenvalue weighted by molar-refractivity contribution is -0.140. The summed E-state index contributed by atoms with van der Waals surface area (Å²) in [7, 11) is -2.10. The van der Waals surface area contributed by atoms with Crippen molar-refractivity contribution in [1.82, 2.24) is 0 Å². The Hall–Kier alpha value is -1.56. The van der Waals surface area contributed by atoms with Gasteiger partial charge in [0.2, 0.25) is 10.0 Å². The Labute approximate surface area is 119 Å². The lowest BCUT2D eigenvalue weighted by Gasteiger charge is -2.24. The Morgan fingerprint density at radius 1 is 1.40 bits per heavy atom. The Kier molecular flexibility index (Phi) is 4.32. The van der Waals surface area contributed by atoms with Crippen LogP contribution in [0.1, 0.15) is 25.3 Å². The predicted octanol–water partition coefficient (Wildman–Crippen LogP) is 1.72. The number of hydrogen-bond donors (Lipinski definition) is 0. The molecule has 2 rings (SSSR count). The van der Waals surface area contributed by atoms with E-state index in [0.717, 1.165) is 17.7 Å². The van der Waals surface area contributed by atoms with Crippen LogP contribution in [0.3, 0.4) is 0 Å². The molecule has 20 heavy (non-hydrogen) atoms. The number of methoxy groups -OCH3 is 1. The van der Waals surface area contributed by atoms with Crippen LogP contribution in [0.25, 0.3) is 0 Å². The molecule has 1 aliphatic heterocycles. The summed E-state index contributed by atoms with van der Waals surface area (Å²) in [6.07, 6.45) is 1.13. The van der Waals surface area contributed by atoms with E-state index in [9.17, 15) is 13.2 Å². The van der Waals surface area contributed by atoms with E-state index in [1.807, 2.05) is 31.2 Å². The standard InChI is InChI=1S/C14H19NO4S/c1-11-10-12-6-3-4-7-13(12)15(11)20(17,18)9-5-8-14(16)19-2/h3-4,6-7,11H,5,8-10H2,1-2H3. The van der Waals surface area contributed by atoms with Crippen LogP contribution >= 0.6 is 0 Å². The molecule has 0 fully saturated rings. The second-order valence-electron chi connectivity index (χ2n) is 4.97. The molecule has 0 N–H and O–H groups in total. The van der Waals surface area contributed by atoms with Crippen molar-refractivity contribution in [3.8, 4) is 0 Å². The Bertz CT molecular complexity index is 597. The van der Waals surface area contributed by atoms with Gasteiger partial charge in [0.15, 0.2) is 0 Å². The second-order valence-corrected chi connectivity index (χ2v) is 6.94. The molecule has 0 amide bonds. The number of sulfonamides is 1. The maximum atomic E-state index is 12.4. The van der Waals surface area contributed by atoms with Crippen LogP contribution in [0.2, 0.25) is 0 Å². The number of benzene rings is 1. The van der Waals surface area contributed by atoms with Crippen LogP contribution in [0, 0.1) is 0 Å². The summed E-state index contributed by atoms with van der Waals surface area (Å²) in [5, 5.41) is 0. The molecule has 1 atom stereocenters. The van der Waals surface area contributed by atoms with Crippen molar-refractivity contribution in [3.63, 3.8) is 0 Å². The maximum Gasteiger partial charge on any atom is 0.305 e. The van der Waals surface area contributed by atoms with Gasteiger partial charge in [-0.2, -0.15) is 0 Å². The molecule has 0 bridgehead atoms. The van der Waals surface area contributed by atoms with Gasteiger partial charge in [0.05, 0.1) is 18.6 Å². The molecule has 1 aromatic carbocycles. The largest absolute Gasteiger partial charge is 0.469 e. The van der Waals surface area contributed by atoms with Gasteiger partial charge in [0.25, 0.3) is 0 Å². The van der Waals surface area contributed by atoms with Crippen molar-refractivity contribution >= 4 is 21.7 Å².